The molecule has 9 aromatic carbocycles. The van der Waals surface area contributed by atoms with Gasteiger partial charge in [-0.15, -0.1) is 0 Å². The standard InChI is InChI=1S/C58H38N4/c1-58(2)47-25-15-24-42-41-22-11-13-26-49(41)62-50-27-14-12-23-44(50)51-46(34-48(58)53(52(42)47)54(51)62)57-60-55(40-29-28-36-18-9-10-21-38(36)32-40)59-56(61-57)43-31-30-39(35-16-5-3-6-17-35)33-45(43)37-19-7-4-8-20-37/h3-34H,1-2H3. The summed E-state index contributed by atoms with van der Waals surface area (Å²) in [5, 5.41) is 4.64. The summed E-state index contributed by atoms with van der Waals surface area (Å²) >= 11 is 0. The van der Waals surface area contributed by atoms with E-state index in [1.54, 1.807) is 0 Å². The summed E-state index contributed by atoms with van der Waals surface area (Å²) in [6.07, 6.45) is 0. The molecule has 11 aromatic rings. The molecule has 0 N–H and O–H groups in total. The average Bonchev–Trinajstić information content (AvgIpc) is 3.75. The van der Waals surface area contributed by atoms with E-state index < -0.39 is 0 Å². The van der Waals surface area contributed by atoms with Crippen LogP contribution in [-0.4, -0.2) is 19.5 Å². The Morgan fingerprint density at radius 2 is 1.05 bits per heavy atom. The molecule has 0 spiro atoms. The summed E-state index contributed by atoms with van der Waals surface area (Å²) < 4.78 is 2.51. The number of rotatable bonds is 5. The van der Waals surface area contributed by atoms with Crippen molar-refractivity contribution in [2.24, 2.45) is 0 Å². The van der Waals surface area contributed by atoms with Gasteiger partial charge in [0.1, 0.15) is 0 Å². The van der Waals surface area contributed by atoms with Crippen LogP contribution in [0.1, 0.15) is 25.0 Å². The SMILES string of the molecule is CC1(C)c2cccc3c2-c2c1cc(-c1nc(-c4ccc5ccccc5c4)nc(-c4ccc(-c5ccccc5)cc4-c4ccccc4)n1)c1c4ccccc4n(c21)-c1ccccc1-3. The first-order valence-electron chi connectivity index (χ1n) is 21.4. The molecule has 3 heterocycles. The molecule has 4 nitrogen and oxygen atoms in total. The van der Waals surface area contributed by atoms with Crippen LogP contribution in [0.2, 0.25) is 0 Å². The number of fused-ring (bicyclic) bond motifs is 7. The highest BCUT2D eigenvalue weighted by Gasteiger charge is 2.42. The summed E-state index contributed by atoms with van der Waals surface area (Å²) in [5.74, 6) is 1.92. The van der Waals surface area contributed by atoms with Gasteiger partial charge in [0, 0.05) is 44.0 Å². The largest absolute Gasteiger partial charge is 0.308 e. The molecular weight excluding hydrogens is 753 g/mol. The van der Waals surface area contributed by atoms with Gasteiger partial charge in [0.05, 0.1) is 16.7 Å². The topological polar surface area (TPSA) is 43.6 Å². The van der Waals surface area contributed by atoms with E-state index in [4.69, 9.17) is 15.0 Å². The second-order valence-electron chi connectivity index (χ2n) is 17.2. The van der Waals surface area contributed by atoms with Gasteiger partial charge in [-0.3, -0.25) is 0 Å². The normalized spacial score (nSPS) is 13.1. The number of benzene rings is 9. The van der Waals surface area contributed by atoms with Gasteiger partial charge in [-0.25, -0.2) is 15.0 Å². The molecule has 0 fully saturated rings. The van der Waals surface area contributed by atoms with E-state index in [0.29, 0.717) is 17.5 Å². The number of hydrogen-bond acceptors (Lipinski definition) is 3. The van der Waals surface area contributed by atoms with E-state index in [1.165, 1.54) is 55.4 Å². The third kappa shape index (κ3) is 4.98. The lowest BCUT2D eigenvalue weighted by atomic mass is 9.81. The monoisotopic (exact) mass is 790 g/mol. The van der Waals surface area contributed by atoms with Crippen molar-refractivity contribution in [3.63, 3.8) is 0 Å². The molecule has 290 valence electrons. The van der Waals surface area contributed by atoms with Crippen LogP contribution in [0.5, 0.6) is 0 Å². The van der Waals surface area contributed by atoms with Crippen LogP contribution in [-0.2, 0) is 5.41 Å². The maximum absolute atomic E-state index is 5.59. The molecule has 2 aromatic heterocycles. The number of para-hydroxylation sites is 2. The molecule has 13 rings (SSSR count). The lowest BCUT2D eigenvalue weighted by molar-refractivity contribution is 0.661. The summed E-state index contributed by atoms with van der Waals surface area (Å²) in [6.45, 7) is 4.74. The zero-order valence-corrected chi connectivity index (χ0v) is 34.3. The van der Waals surface area contributed by atoms with Crippen molar-refractivity contribution >= 4 is 32.6 Å². The predicted octanol–water partition coefficient (Wildman–Crippen LogP) is 14.7. The van der Waals surface area contributed by atoms with Crippen molar-refractivity contribution in [1.82, 2.24) is 19.5 Å². The van der Waals surface area contributed by atoms with Gasteiger partial charge in [-0.1, -0.05) is 172 Å². The number of aromatic nitrogens is 4. The molecule has 2 aliphatic rings. The van der Waals surface area contributed by atoms with Crippen LogP contribution < -0.4 is 0 Å². The maximum atomic E-state index is 5.59. The Bertz CT molecular complexity index is 3650. The van der Waals surface area contributed by atoms with E-state index in [1.807, 2.05) is 0 Å². The quantitative estimate of drug-likeness (QED) is 0.174. The van der Waals surface area contributed by atoms with Gasteiger partial charge >= 0.3 is 0 Å². The summed E-state index contributed by atoms with van der Waals surface area (Å²) in [5.41, 5.74) is 18.4. The summed E-state index contributed by atoms with van der Waals surface area (Å²) in [6, 6.07) is 69.9. The van der Waals surface area contributed by atoms with Gasteiger partial charge < -0.3 is 4.57 Å². The molecular formula is C58H38N4. The number of nitrogens with zero attached hydrogens (tertiary/aromatic N) is 4. The van der Waals surface area contributed by atoms with E-state index in [2.05, 4.69) is 213 Å². The Morgan fingerprint density at radius 3 is 1.89 bits per heavy atom. The van der Waals surface area contributed by atoms with Crippen molar-refractivity contribution < 1.29 is 0 Å². The van der Waals surface area contributed by atoms with Gasteiger partial charge in [-0.2, -0.15) is 0 Å². The third-order valence-electron chi connectivity index (χ3n) is 13.4. The molecule has 0 saturated heterocycles. The van der Waals surface area contributed by atoms with Crippen LogP contribution in [0.3, 0.4) is 0 Å². The molecule has 0 amide bonds. The lowest BCUT2D eigenvalue weighted by Crippen LogP contribution is -2.15. The van der Waals surface area contributed by atoms with E-state index >= 15 is 0 Å². The summed E-state index contributed by atoms with van der Waals surface area (Å²) in [4.78, 5) is 16.5. The average molecular weight is 791 g/mol. The van der Waals surface area contributed by atoms with Crippen LogP contribution >= 0.6 is 0 Å². The molecule has 1 aliphatic carbocycles. The number of hydrogen-bond donors (Lipinski definition) is 0. The Hall–Kier alpha value is -7.95. The van der Waals surface area contributed by atoms with Crippen LogP contribution in [0.15, 0.2) is 194 Å². The molecule has 0 unspecified atom stereocenters. The molecule has 62 heavy (non-hydrogen) atoms. The van der Waals surface area contributed by atoms with E-state index in [-0.39, 0.29) is 5.41 Å². The lowest BCUT2D eigenvalue weighted by Gasteiger charge is -2.23. The summed E-state index contributed by atoms with van der Waals surface area (Å²) in [7, 11) is 0. The first kappa shape index (κ1) is 34.9. The Kier molecular flexibility index (Phi) is 7.32. The van der Waals surface area contributed by atoms with Crippen molar-refractivity contribution in [3.8, 4) is 84.4 Å². The fourth-order valence-corrected chi connectivity index (χ4v) is 10.4. The molecule has 4 heteroatoms. The Morgan fingerprint density at radius 1 is 0.387 bits per heavy atom. The third-order valence-corrected chi connectivity index (χ3v) is 13.4. The van der Waals surface area contributed by atoms with Gasteiger partial charge in [0.15, 0.2) is 17.5 Å². The van der Waals surface area contributed by atoms with Crippen LogP contribution in [0.4, 0.5) is 0 Å². The van der Waals surface area contributed by atoms with Crippen LogP contribution in [0.25, 0.3) is 117 Å². The Balaban J connectivity index is 1.16. The maximum Gasteiger partial charge on any atom is 0.164 e. The fourth-order valence-electron chi connectivity index (χ4n) is 10.4. The van der Waals surface area contributed by atoms with E-state index in [9.17, 15) is 0 Å². The smallest absolute Gasteiger partial charge is 0.164 e. The van der Waals surface area contributed by atoms with Gasteiger partial charge in [0.25, 0.3) is 0 Å². The molecule has 0 saturated carbocycles. The van der Waals surface area contributed by atoms with Crippen molar-refractivity contribution in [3.05, 3.63) is 205 Å². The second kappa shape index (κ2) is 13.0. The van der Waals surface area contributed by atoms with Crippen molar-refractivity contribution in [2.45, 2.75) is 19.3 Å². The fraction of sp³-hybridized carbons (Fsp3) is 0.0517. The predicted molar refractivity (Wildman–Crippen MR) is 255 cm³/mol. The highest BCUT2D eigenvalue weighted by molar-refractivity contribution is 6.23. The first-order valence-corrected chi connectivity index (χ1v) is 21.4. The zero-order chi connectivity index (χ0) is 41.1. The van der Waals surface area contributed by atoms with Gasteiger partial charge in [-0.05, 0) is 91.7 Å². The van der Waals surface area contributed by atoms with Crippen LogP contribution in [0, 0.1) is 0 Å². The molecule has 0 radical (unpaired) electrons. The minimum Gasteiger partial charge on any atom is -0.308 e. The molecule has 0 bridgehead atoms. The minimum absolute atomic E-state index is 0.276. The molecule has 1 aliphatic heterocycles. The minimum atomic E-state index is -0.276. The molecule has 0 atom stereocenters. The van der Waals surface area contributed by atoms with Gasteiger partial charge in [0.2, 0.25) is 0 Å². The van der Waals surface area contributed by atoms with Crippen molar-refractivity contribution in [2.75, 3.05) is 0 Å². The Labute approximate surface area is 359 Å². The highest BCUT2D eigenvalue weighted by atomic mass is 15.0. The van der Waals surface area contributed by atoms with Crippen molar-refractivity contribution in [1.29, 1.82) is 0 Å². The van der Waals surface area contributed by atoms with E-state index in [0.717, 1.165) is 55.2 Å². The highest BCUT2D eigenvalue weighted by Crippen LogP contribution is 2.59. The first-order chi connectivity index (χ1) is 30.5. The zero-order valence-electron chi connectivity index (χ0n) is 34.3. The second-order valence-corrected chi connectivity index (χ2v) is 17.2.